The summed E-state index contributed by atoms with van der Waals surface area (Å²) in [6.45, 7) is 6.46. The molecular weight excluding hydrogens is 291 g/mol. The highest BCUT2D eigenvalue weighted by atomic mass is 35.5. The predicted molar refractivity (Wildman–Crippen MR) is 82.1 cm³/mol. The molecule has 1 heterocycles. The van der Waals surface area contributed by atoms with Gasteiger partial charge < -0.3 is 5.11 Å². The monoisotopic (exact) mass is 310 g/mol. The van der Waals surface area contributed by atoms with Crippen molar-refractivity contribution in [3.8, 4) is 0 Å². The third-order valence-electron chi connectivity index (χ3n) is 3.53. The molecule has 2 rings (SSSR count). The minimum Gasteiger partial charge on any atom is -0.388 e. The second kappa shape index (κ2) is 6.58. The third kappa shape index (κ3) is 3.44. The van der Waals surface area contributed by atoms with Crippen LogP contribution in [-0.2, 0) is 19.4 Å². The molecule has 0 saturated carbocycles. The Morgan fingerprint density at radius 3 is 2.62 bits per heavy atom. The first-order valence-corrected chi connectivity index (χ1v) is 7.53. The van der Waals surface area contributed by atoms with Crippen LogP contribution in [0.15, 0.2) is 18.2 Å². The number of nitrogens with zero attached hydrogens (tertiary/aromatic N) is 2. The Hall–Kier alpha value is -1.39. The smallest absolute Gasteiger partial charge is 0.123 e. The van der Waals surface area contributed by atoms with Crippen LogP contribution in [0.1, 0.15) is 42.5 Å². The number of aryl methyl sites for hydroxylation is 3. The first kappa shape index (κ1) is 16.0. The molecule has 1 unspecified atom stereocenters. The predicted octanol–water partition coefficient (Wildman–Crippen LogP) is 3.84. The SMILES string of the molecule is CCc1nn(CC)c(CC(O)c2cc(C)cc(F)c2)c1Cl. The minimum absolute atomic E-state index is 0.322. The van der Waals surface area contributed by atoms with Gasteiger partial charge in [-0.05, 0) is 43.5 Å². The molecule has 0 spiro atoms. The van der Waals surface area contributed by atoms with Crippen molar-refractivity contribution in [2.45, 2.75) is 46.3 Å². The van der Waals surface area contributed by atoms with Crippen molar-refractivity contribution >= 4 is 11.6 Å². The summed E-state index contributed by atoms with van der Waals surface area (Å²) in [5, 5.41) is 15.4. The molecule has 0 aliphatic heterocycles. The number of halogens is 2. The van der Waals surface area contributed by atoms with Gasteiger partial charge in [0, 0.05) is 13.0 Å². The van der Waals surface area contributed by atoms with E-state index in [0.29, 0.717) is 23.6 Å². The molecule has 21 heavy (non-hydrogen) atoms. The van der Waals surface area contributed by atoms with Crippen LogP contribution in [-0.4, -0.2) is 14.9 Å². The number of benzene rings is 1. The van der Waals surface area contributed by atoms with E-state index < -0.39 is 6.10 Å². The Kier molecular flexibility index (Phi) is 5.01. The molecule has 0 aliphatic carbocycles. The van der Waals surface area contributed by atoms with Gasteiger partial charge in [0.05, 0.1) is 22.5 Å². The van der Waals surface area contributed by atoms with E-state index in [-0.39, 0.29) is 5.82 Å². The molecule has 0 aliphatic rings. The van der Waals surface area contributed by atoms with Crippen molar-refractivity contribution in [1.82, 2.24) is 9.78 Å². The molecule has 0 amide bonds. The van der Waals surface area contributed by atoms with Crippen LogP contribution in [0.5, 0.6) is 0 Å². The number of aromatic nitrogens is 2. The molecule has 1 aromatic carbocycles. The molecule has 1 atom stereocenters. The second-order valence-corrected chi connectivity index (χ2v) is 5.54. The number of hydrogen-bond acceptors (Lipinski definition) is 2. The van der Waals surface area contributed by atoms with Crippen molar-refractivity contribution in [3.05, 3.63) is 51.6 Å². The first-order valence-electron chi connectivity index (χ1n) is 7.15. The molecular formula is C16H20ClFN2O. The average molecular weight is 311 g/mol. The third-order valence-corrected chi connectivity index (χ3v) is 3.97. The van der Waals surface area contributed by atoms with E-state index >= 15 is 0 Å². The summed E-state index contributed by atoms with van der Waals surface area (Å²) in [6.07, 6.45) is 0.264. The summed E-state index contributed by atoms with van der Waals surface area (Å²) in [5.74, 6) is -0.339. The molecule has 0 radical (unpaired) electrons. The van der Waals surface area contributed by atoms with E-state index in [2.05, 4.69) is 5.10 Å². The van der Waals surface area contributed by atoms with Crippen molar-refractivity contribution in [2.24, 2.45) is 0 Å². The van der Waals surface area contributed by atoms with E-state index in [4.69, 9.17) is 11.6 Å². The maximum atomic E-state index is 13.5. The van der Waals surface area contributed by atoms with Crippen molar-refractivity contribution in [2.75, 3.05) is 0 Å². The fourth-order valence-electron chi connectivity index (χ4n) is 2.47. The Balaban J connectivity index is 2.30. The lowest BCUT2D eigenvalue weighted by molar-refractivity contribution is 0.175. The zero-order chi connectivity index (χ0) is 15.6. The highest BCUT2D eigenvalue weighted by molar-refractivity contribution is 6.31. The zero-order valence-electron chi connectivity index (χ0n) is 12.5. The van der Waals surface area contributed by atoms with Crippen LogP contribution in [0.3, 0.4) is 0 Å². The summed E-state index contributed by atoms with van der Waals surface area (Å²) in [7, 11) is 0. The summed E-state index contributed by atoms with van der Waals surface area (Å²) in [6, 6.07) is 4.59. The van der Waals surface area contributed by atoms with E-state index in [1.807, 2.05) is 13.8 Å². The van der Waals surface area contributed by atoms with Crippen LogP contribution < -0.4 is 0 Å². The second-order valence-electron chi connectivity index (χ2n) is 5.16. The quantitative estimate of drug-likeness (QED) is 0.911. The highest BCUT2D eigenvalue weighted by Gasteiger charge is 2.19. The van der Waals surface area contributed by atoms with Gasteiger partial charge in [-0.3, -0.25) is 4.68 Å². The van der Waals surface area contributed by atoms with Gasteiger partial charge in [-0.15, -0.1) is 0 Å². The van der Waals surface area contributed by atoms with E-state index in [0.717, 1.165) is 23.4 Å². The fourth-order valence-corrected chi connectivity index (χ4v) is 2.82. The van der Waals surface area contributed by atoms with Gasteiger partial charge in [0.1, 0.15) is 5.82 Å². The van der Waals surface area contributed by atoms with Crippen LogP contribution in [0, 0.1) is 12.7 Å². The number of aliphatic hydroxyl groups excluding tert-OH is 1. The standard InChI is InChI=1S/C16H20ClFN2O/c1-4-13-16(17)14(20(5-2)19-13)9-15(21)11-6-10(3)7-12(18)8-11/h6-8,15,21H,4-5,9H2,1-3H3. The normalized spacial score (nSPS) is 12.7. The molecule has 3 nitrogen and oxygen atoms in total. The minimum atomic E-state index is -0.802. The lowest BCUT2D eigenvalue weighted by atomic mass is 10.0. The molecule has 0 bridgehead atoms. The van der Waals surface area contributed by atoms with Crippen LogP contribution in [0.2, 0.25) is 5.02 Å². The van der Waals surface area contributed by atoms with Gasteiger partial charge >= 0.3 is 0 Å². The summed E-state index contributed by atoms with van der Waals surface area (Å²) >= 11 is 6.33. The molecule has 0 saturated heterocycles. The maximum Gasteiger partial charge on any atom is 0.123 e. The Morgan fingerprint density at radius 1 is 1.33 bits per heavy atom. The maximum absolute atomic E-state index is 13.5. The van der Waals surface area contributed by atoms with Crippen LogP contribution in [0.25, 0.3) is 0 Å². The number of hydrogen-bond donors (Lipinski definition) is 1. The molecule has 0 fully saturated rings. The van der Waals surface area contributed by atoms with Gasteiger partial charge in [0.2, 0.25) is 0 Å². The van der Waals surface area contributed by atoms with Crippen molar-refractivity contribution < 1.29 is 9.50 Å². The number of aliphatic hydroxyl groups is 1. The zero-order valence-corrected chi connectivity index (χ0v) is 13.3. The first-order chi connectivity index (χ1) is 9.96. The van der Waals surface area contributed by atoms with Gasteiger partial charge in [0.15, 0.2) is 0 Å². The van der Waals surface area contributed by atoms with E-state index in [1.54, 1.807) is 17.7 Å². The topological polar surface area (TPSA) is 38.0 Å². The van der Waals surface area contributed by atoms with E-state index in [1.165, 1.54) is 12.1 Å². The number of rotatable bonds is 5. The summed E-state index contributed by atoms with van der Waals surface area (Å²) in [4.78, 5) is 0. The Morgan fingerprint density at radius 2 is 2.05 bits per heavy atom. The molecule has 1 N–H and O–H groups in total. The van der Waals surface area contributed by atoms with Gasteiger partial charge in [0.25, 0.3) is 0 Å². The van der Waals surface area contributed by atoms with Crippen molar-refractivity contribution in [1.29, 1.82) is 0 Å². The largest absolute Gasteiger partial charge is 0.388 e. The van der Waals surface area contributed by atoms with E-state index in [9.17, 15) is 9.50 Å². The highest BCUT2D eigenvalue weighted by Crippen LogP contribution is 2.27. The summed E-state index contributed by atoms with van der Waals surface area (Å²) < 4.78 is 15.3. The summed E-state index contributed by atoms with van der Waals surface area (Å²) in [5.41, 5.74) is 2.97. The molecule has 2 aromatic rings. The van der Waals surface area contributed by atoms with Gasteiger partial charge in [-0.2, -0.15) is 5.10 Å². The molecule has 5 heteroatoms. The van der Waals surface area contributed by atoms with Crippen LogP contribution >= 0.6 is 11.6 Å². The van der Waals surface area contributed by atoms with Crippen molar-refractivity contribution in [3.63, 3.8) is 0 Å². The average Bonchev–Trinajstić information content (AvgIpc) is 2.74. The molecule has 1 aromatic heterocycles. The van der Waals surface area contributed by atoms with Gasteiger partial charge in [-0.25, -0.2) is 4.39 Å². The Labute approximate surface area is 129 Å². The molecule has 114 valence electrons. The lowest BCUT2D eigenvalue weighted by Crippen LogP contribution is -2.09. The van der Waals surface area contributed by atoms with Crippen LogP contribution in [0.4, 0.5) is 4.39 Å². The fraction of sp³-hybridized carbons (Fsp3) is 0.438. The lowest BCUT2D eigenvalue weighted by Gasteiger charge is -2.13. The Bertz CT molecular complexity index is 619. The van der Waals surface area contributed by atoms with Gasteiger partial charge in [-0.1, -0.05) is 24.6 Å².